The van der Waals surface area contributed by atoms with Crippen molar-refractivity contribution in [2.45, 2.75) is 25.5 Å². The van der Waals surface area contributed by atoms with Gasteiger partial charge in [0.1, 0.15) is 0 Å². The fourth-order valence-electron chi connectivity index (χ4n) is 2.25. The van der Waals surface area contributed by atoms with Crippen LogP contribution in [0.4, 0.5) is 5.69 Å². The van der Waals surface area contributed by atoms with Gasteiger partial charge in [0.15, 0.2) is 0 Å². The number of hydrogen-bond donors (Lipinski definition) is 1. The third kappa shape index (κ3) is 3.44. The summed E-state index contributed by atoms with van der Waals surface area (Å²) in [6.45, 7) is 3.19. The molecule has 1 fully saturated rings. The Bertz CT molecular complexity index is 376. The first kappa shape index (κ1) is 12.9. The topological polar surface area (TPSA) is 38.5 Å². The van der Waals surface area contributed by atoms with Crippen LogP contribution in [0.5, 0.6) is 0 Å². The second-order valence-electron chi connectivity index (χ2n) is 4.57. The van der Waals surface area contributed by atoms with Crippen molar-refractivity contribution in [1.82, 2.24) is 4.90 Å². The lowest BCUT2D eigenvalue weighted by atomic mass is 10.1. The van der Waals surface area contributed by atoms with Crippen molar-refractivity contribution < 1.29 is 4.74 Å². The van der Waals surface area contributed by atoms with E-state index in [0.717, 1.165) is 42.6 Å². The smallest absolute Gasteiger partial charge is 0.0595 e. The van der Waals surface area contributed by atoms with Crippen molar-refractivity contribution in [3.05, 3.63) is 28.2 Å². The Balaban J connectivity index is 1.91. The molecule has 94 valence electrons. The Morgan fingerprint density at radius 3 is 2.71 bits per heavy atom. The van der Waals surface area contributed by atoms with Crippen molar-refractivity contribution in [2.24, 2.45) is 0 Å². The molecule has 0 aliphatic carbocycles. The van der Waals surface area contributed by atoms with Gasteiger partial charge in [-0.2, -0.15) is 0 Å². The number of benzene rings is 1. The van der Waals surface area contributed by atoms with E-state index >= 15 is 0 Å². The van der Waals surface area contributed by atoms with Crippen LogP contribution in [0.3, 0.4) is 0 Å². The number of anilines is 1. The van der Waals surface area contributed by atoms with Crippen molar-refractivity contribution in [3.63, 3.8) is 0 Å². The molecule has 2 rings (SSSR count). The zero-order valence-electron chi connectivity index (χ0n) is 10.2. The highest BCUT2D eigenvalue weighted by molar-refractivity contribution is 9.10. The molecular formula is C13H19BrN2O. The first-order valence-corrected chi connectivity index (χ1v) is 6.77. The zero-order chi connectivity index (χ0) is 12.3. The van der Waals surface area contributed by atoms with Crippen molar-refractivity contribution in [2.75, 3.05) is 25.9 Å². The lowest BCUT2D eigenvalue weighted by Crippen LogP contribution is -2.36. The maximum atomic E-state index is 5.88. The van der Waals surface area contributed by atoms with Crippen LogP contribution < -0.4 is 5.73 Å². The van der Waals surface area contributed by atoms with Crippen LogP contribution in [-0.4, -0.2) is 31.2 Å². The Labute approximate surface area is 111 Å². The van der Waals surface area contributed by atoms with Crippen LogP contribution in [0.25, 0.3) is 0 Å². The molecule has 0 unspecified atom stereocenters. The number of ether oxygens (including phenoxy) is 1. The SMILES string of the molecule is COC1CCN(Cc2ccc(Br)c(N)c2)CC1. The van der Waals surface area contributed by atoms with E-state index in [2.05, 4.69) is 26.9 Å². The van der Waals surface area contributed by atoms with Gasteiger partial charge in [0.2, 0.25) is 0 Å². The molecule has 1 aromatic carbocycles. The summed E-state index contributed by atoms with van der Waals surface area (Å²) < 4.78 is 6.34. The first-order chi connectivity index (χ1) is 8.19. The number of halogens is 1. The fraction of sp³-hybridized carbons (Fsp3) is 0.538. The predicted molar refractivity (Wildman–Crippen MR) is 73.9 cm³/mol. The number of nitrogens with zero attached hydrogens (tertiary/aromatic N) is 1. The van der Waals surface area contributed by atoms with E-state index in [9.17, 15) is 0 Å². The zero-order valence-corrected chi connectivity index (χ0v) is 11.7. The minimum Gasteiger partial charge on any atom is -0.398 e. The van der Waals surface area contributed by atoms with Crippen molar-refractivity contribution in [1.29, 1.82) is 0 Å². The summed E-state index contributed by atoms with van der Waals surface area (Å²) in [5, 5.41) is 0. The molecule has 1 aromatic rings. The maximum absolute atomic E-state index is 5.88. The van der Waals surface area contributed by atoms with E-state index in [1.165, 1.54) is 5.56 Å². The van der Waals surface area contributed by atoms with Gasteiger partial charge in [0.05, 0.1) is 6.10 Å². The molecule has 1 aliphatic heterocycles. The van der Waals surface area contributed by atoms with Crippen molar-refractivity contribution >= 4 is 21.6 Å². The second-order valence-corrected chi connectivity index (χ2v) is 5.42. The summed E-state index contributed by atoms with van der Waals surface area (Å²) in [7, 11) is 1.80. The van der Waals surface area contributed by atoms with Gasteiger partial charge in [-0.3, -0.25) is 4.90 Å². The Morgan fingerprint density at radius 1 is 1.41 bits per heavy atom. The largest absolute Gasteiger partial charge is 0.398 e. The van der Waals surface area contributed by atoms with Crippen LogP contribution in [0.15, 0.2) is 22.7 Å². The molecule has 0 spiro atoms. The first-order valence-electron chi connectivity index (χ1n) is 5.98. The predicted octanol–water partition coefficient (Wildman–Crippen LogP) is 2.64. The standard InChI is InChI=1S/C13H19BrN2O/c1-17-11-4-6-16(7-5-11)9-10-2-3-12(14)13(15)8-10/h2-3,8,11H,4-7,9,15H2,1H3. The number of nitrogen functional groups attached to an aromatic ring is 1. The molecule has 0 radical (unpaired) electrons. The van der Waals surface area contributed by atoms with E-state index in [0.29, 0.717) is 6.10 Å². The van der Waals surface area contributed by atoms with Gasteiger partial charge < -0.3 is 10.5 Å². The molecule has 0 amide bonds. The summed E-state index contributed by atoms with van der Waals surface area (Å²) in [6.07, 6.45) is 2.70. The second kappa shape index (κ2) is 5.85. The fourth-order valence-corrected chi connectivity index (χ4v) is 2.50. The summed E-state index contributed by atoms with van der Waals surface area (Å²) in [4.78, 5) is 2.46. The lowest BCUT2D eigenvalue weighted by molar-refractivity contribution is 0.0389. The van der Waals surface area contributed by atoms with E-state index in [1.54, 1.807) is 7.11 Å². The van der Waals surface area contributed by atoms with Gasteiger partial charge >= 0.3 is 0 Å². The summed E-state index contributed by atoms with van der Waals surface area (Å²) in [5.74, 6) is 0. The average molecular weight is 299 g/mol. The molecular weight excluding hydrogens is 280 g/mol. The monoisotopic (exact) mass is 298 g/mol. The van der Waals surface area contributed by atoms with E-state index in [1.807, 2.05) is 12.1 Å². The van der Waals surface area contributed by atoms with Crippen molar-refractivity contribution in [3.8, 4) is 0 Å². The highest BCUT2D eigenvalue weighted by Crippen LogP contribution is 2.22. The van der Waals surface area contributed by atoms with Gasteiger partial charge in [0, 0.05) is 36.9 Å². The quantitative estimate of drug-likeness (QED) is 0.872. The third-order valence-corrected chi connectivity index (χ3v) is 4.06. The van der Waals surface area contributed by atoms with E-state index in [4.69, 9.17) is 10.5 Å². The Kier molecular flexibility index (Phi) is 4.42. The van der Waals surface area contributed by atoms with Crippen LogP contribution in [0.1, 0.15) is 18.4 Å². The molecule has 0 bridgehead atoms. The minimum atomic E-state index is 0.446. The van der Waals surface area contributed by atoms with Gasteiger partial charge in [-0.25, -0.2) is 0 Å². The summed E-state index contributed by atoms with van der Waals surface area (Å²) in [5.41, 5.74) is 7.98. The molecule has 0 saturated carbocycles. The van der Waals surface area contributed by atoms with E-state index in [-0.39, 0.29) is 0 Å². The summed E-state index contributed by atoms with van der Waals surface area (Å²) in [6, 6.07) is 6.20. The molecule has 3 nitrogen and oxygen atoms in total. The Morgan fingerprint density at radius 2 is 2.12 bits per heavy atom. The highest BCUT2D eigenvalue weighted by atomic mass is 79.9. The molecule has 1 heterocycles. The van der Waals surface area contributed by atoms with Crippen LogP contribution in [-0.2, 0) is 11.3 Å². The number of nitrogens with two attached hydrogens (primary N) is 1. The average Bonchev–Trinajstić information content (AvgIpc) is 2.35. The molecule has 1 saturated heterocycles. The van der Waals surface area contributed by atoms with Crippen LogP contribution >= 0.6 is 15.9 Å². The minimum absolute atomic E-state index is 0.446. The number of piperidine rings is 1. The van der Waals surface area contributed by atoms with Crippen LogP contribution in [0.2, 0.25) is 0 Å². The molecule has 4 heteroatoms. The molecule has 1 aliphatic rings. The number of rotatable bonds is 3. The Hall–Kier alpha value is -0.580. The number of hydrogen-bond acceptors (Lipinski definition) is 3. The maximum Gasteiger partial charge on any atom is 0.0595 e. The molecule has 0 aromatic heterocycles. The van der Waals surface area contributed by atoms with Crippen LogP contribution in [0, 0.1) is 0 Å². The third-order valence-electron chi connectivity index (χ3n) is 3.33. The summed E-state index contributed by atoms with van der Waals surface area (Å²) >= 11 is 3.42. The normalized spacial score (nSPS) is 18.5. The van der Waals surface area contributed by atoms with Gasteiger partial charge in [-0.05, 0) is 46.5 Å². The molecule has 17 heavy (non-hydrogen) atoms. The number of methoxy groups -OCH3 is 1. The van der Waals surface area contributed by atoms with E-state index < -0.39 is 0 Å². The van der Waals surface area contributed by atoms with Gasteiger partial charge in [0.25, 0.3) is 0 Å². The highest BCUT2D eigenvalue weighted by Gasteiger charge is 2.18. The lowest BCUT2D eigenvalue weighted by Gasteiger charge is -2.31. The van der Waals surface area contributed by atoms with Gasteiger partial charge in [-0.15, -0.1) is 0 Å². The van der Waals surface area contributed by atoms with Gasteiger partial charge in [-0.1, -0.05) is 6.07 Å². The number of likely N-dealkylation sites (tertiary alicyclic amines) is 1. The molecule has 2 N–H and O–H groups in total. The molecule has 0 atom stereocenters.